The molecule has 0 aliphatic heterocycles. The van der Waals surface area contributed by atoms with Crippen molar-refractivity contribution in [1.29, 1.82) is 0 Å². The third kappa shape index (κ3) is 5.47. The summed E-state index contributed by atoms with van der Waals surface area (Å²) in [5.74, 6) is -0.656. The maximum absolute atomic E-state index is 13.0. The Morgan fingerprint density at radius 1 is 1.48 bits per heavy atom. The van der Waals surface area contributed by atoms with E-state index in [1.54, 1.807) is 0 Å². The maximum atomic E-state index is 13.0. The van der Waals surface area contributed by atoms with Crippen molar-refractivity contribution in [1.82, 2.24) is 0 Å². The number of carbonyl (C=O) groups is 1. The molecule has 1 unspecified atom stereocenters. The van der Waals surface area contributed by atoms with Crippen molar-refractivity contribution in [2.75, 3.05) is 11.9 Å². The average Bonchev–Trinajstić information content (AvgIpc) is 2.39. The first kappa shape index (κ1) is 17.0. The molecule has 0 aliphatic rings. The van der Waals surface area contributed by atoms with Gasteiger partial charge in [0, 0.05) is 6.42 Å². The molecule has 0 heterocycles. The number of nitro benzene ring substituents is 1. The summed E-state index contributed by atoms with van der Waals surface area (Å²) in [6, 6.07) is 3.03. The molecule has 0 aromatic heterocycles. The van der Waals surface area contributed by atoms with Gasteiger partial charge in [-0.25, -0.2) is 4.39 Å². The van der Waals surface area contributed by atoms with Crippen LogP contribution in [0.1, 0.15) is 26.7 Å². The summed E-state index contributed by atoms with van der Waals surface area (Å²) in [6.45, 7) is 4.44. The van der Waals surface area contributed by atoms with Gasteiger partial charge in [0.25, 0.3) is 5.69 Å². The molecule has 0 saturated heterocycles. The number of nitrogens with one attached hydrogen (secondary N) is 1. The van der Waals surface area contributed by atoms with Gasteiger partial charge in [-0.2, -0.15) is 0 Å². The van der Waals surface area contributed by atoms with E-state index in [9.17, 15) is 19.3 Å². The minimum absolute atomic E-state index is 0.00767. The highest BCUT2D eigenvalue weighted by molar-refractivity contribution is 5.93. The van der Waals surface area contributed by atoms with Crippen LogP contribution in [0.25, 0.3) is 0 Å². The van der Waals surface area contributed by atoms with E-state index in [1.807, 2.05) is 13.8 Å². The zero-order valence-corrected chi connectivity index (χ0v) is 12.1. The Balaban J connectivity index is 2.77. The van der Waals surface area contributed by atoms with Gasteiger partial charge in [-0.1, -0.05) is 13.8 Å². The Kier molecular flexibility index (Phi) is 6.23. The van der Waals surface area contributed by atoms with Gasteiger partial charge in [0.05, 0.1) is 11.0 Å². The molecule has 1 aromatic rings. The highest BCUT2D eigenvalue weighted by atomic mass is 19.1. The van der Waals surface area contributed by atoms with Gasteiger partial charge in [0.1, 0.15) is 11.5 Å². The van der Waals surface area contributed by atoms with Crippen molar-refractivity contribution in [2.24, 2.45) is 17.6 Å². The summed E-state index contributed by atoms with van der Waals surface area (Å²) in [5.41, 5.74) is 5.15. The highest BCUT2D eigenvalue weighted by Crippen LogP contribution is 2.25. The lowest BCUT2D eigenvalue weighted by Crippen LogP contribution is -2.23. The van der Waals surface area contributed by atoms with Crippen LogP contribution in [0.3, 0.4) is 0 Å². The van der Waals surface area contributed by atoms with E-state index in [4.69, 9.17) is 5.73 Å². The lowest BCUT2D eigenvalue weighted by atomic mass is 9.94. The number of carbonyl (C=O) groups excluding carboxylic acids is 1. The standard InChI is InChI=1S/C14H20FN3O3/c1-9(2)5-10(8-16)6-14(19)17-12-4-3-11(15)7-13(12)18(20)21/h3-4,7,9-10H,5-6,8,16H2,1-2H3,(H,17,19). The molecule has 116 valence electrons. The molecule has 0 spiro atoms. The lowest BCUT2D eigenvalue weighted by molar-refractivity contribution is -0.384. The number of benzene rings is 1. The molecule has 3 N–H and O–H groups in total. The summed E-state index contributed by atoms with van der Waals surface area (Å²) >= 11 is 0. The number of halogens is 1. The fraction of sp³-hybridized carbons (Fsp3) is 0.500. The van der Waals surface area contributed by atoms with Crippen molar-refractivity contribution < 1.29 is 14.1 Å². The molecule has 21 heavy (non-hydrogen) atoms. The molecule has 1 amide bonds. The van der Waals surface area contributed by atoms with Crippen LogP contribution in [0, 0.1) is 27.8 Å². The SMILES string of the molecule is CC(C)CC(CN)CC(=O)Nc1ccc(F)cc1[N+](=O)[O-]. The second-order valence-corrected chi connectivity index (χ2v) is 5.40. The summed E-state index contributed by atoms with van der Waals surface area (Å²) in [7, 11) is 0. The fourth-order valence-electron chi connectivity index (χ4n) is 2.15. The first-order chi connectivity index (χ1) is 9.83. The third-order valence-electron chi connectivity index (χ3n) is 3.04. The average molecular weight is 297 g/mol. The molecule has 1 aromatic carbocycles. The first-order valence-electron chi connectivity index (χ1n) is 6.77. The number of nitro groups is 1. The number of nitrogens with zero attached hydrogens (tertiary/aromatic N) is 1. The van der Waals surface area contributed by atoms with Crippen LogP contribution in [-0.4, -0.2) is 17.4 Å². The Hall–Kier alpha value is -2.02. The topological polar surface area (TPSA) is 98.3 Å². The largest absolute Gasteiger partial charge is 0.330 e. The minimum atomic E-state index is -0.729. The lowest BCUT2D eigenvalue weighted by Gasteiger charge is -2.16. The van der Waals surface area contributed by atoms with Gasteiger partial charge in [-0.3, -0.25) is 14.9 Å². The molecule has 6 nitrogen and oxygen atoms in total. The molecule has 0 aliphatic carbocycles. The predicted octanol–water partition coefficient (Wildman–Crippen LogP) is 2.68. The van der Waals surface area contributed by atoms with Gasteiger partial charge in [0.2, 0.25) is 5.91 Å². The monoisotopic (exact) mass is 297 g/mol. The van der Waals surface area contributed by atoms with Crippen LogP contribution < -0.4 is 11.1 Å². The second kappa shape index (κ2) is 7.68. The van der Waals surface area contributed by atoms with Gasteiger partial charge < -0.3 is 11.1 Å². The van der Waals surface area contributed by atoms with Crippen LogP contribution in [0.5, 0.6) is 0 Å². The Morgan fingerprint density at radius 3 is 2.67 bits per heavy atom. The zero-order valence-electron chi connectivity index (χ0n) is 12.1. The van der Waals surface area contributed by atoms with E-state index in [0.717, 1.165) is 18.6 Å². The van der Waals surface area contributed by atoms with Gasteiger partial charge >= 0.3 is 0 Å². The number of rotatable bonds is 7. The predicted molar refractivity (Wildman–Crippen MR) is 78.3 cm³/mol. The van der Waals surface area contributed by atoms with Gasteiger partial charge in [0.15, 0.2) is 0 Å². The van der Waals surface area contributed by atoms with Crippen LogP contribution in [-0.2, 0) is 4.79 Å². The minimum Gasteiger partial charge on any atom is -0.330 e. The smallest absolute Gasteiger partial charge is 0.295 e. The van der Waals surface area contributed by atoms with Gasteiger partial charge in [-0.05, 0) is 36.9 Å². The third-order valence-corrected chi connectivity index (χ3v) is 3.04. The number of hydrogen-bond donors (Lipinski definition) is 2. The molecule has 0 saturated carbocycles. The molecule has 1 atom stereocenters. The molecule has 0 bridgehead atoms. The molecule has 0 radical (unpaired) electrons. The quantitative estimate of drug-likeness (QED) is 0.597. The van der Waals surface area contributed by atoms with Crippen LogP contribution in [0.2, 0.25) is 0 Å². The fourth-order valence-corrected chi connectivity index (χ4v) is 2.15. The van der Waals surface area contributed by atoms with Crippen LogP contribution >= 0.6 is 0 Å². The van der Waals surface area contributed by atoms with E-state index in [2.05, 4.69) is 5.32 Å². The second-order valence-electron chi connectivity index (χ2n) is 5.40. The first-order valence-corrected chi connectivity index (χ1v) is 6.77. The summed E-state index contributed by atoms with van der Waals surface area (Å²) in [4.78, 5) is 22.1. The van der Waals surface area contributed by atoms with Crippen LogP contribution in [0.15, 0.2) is 18.2 Å². The zero-order chi connectivity index (χ0) is 16.0. The van der Waals surface area contributed by atoms with Gasteiger partial charge in [-0.15, -0.1) is 0 Å². The van der Waals surface area contributed by atoms with E-state index >= 15 is 0 Å². The van der Waals surface area contributed by atoms with Crippen molar-refractivity contribution >= 4 is 17.3 Å². The summed E-state index contributed by atoms with van der Waals surface area (Å²) in [6.07, 6.45) is 0.985. The number of nitrogens with two attached hydrogens (primary N) is 1. The highest BCUT2D eigenvalue weighted by Gasteiger charge is 2.19. The Bertz CT molecular complexity index is 520. The number of amides is 1. The summed E-state index contributed by atoms with van der Waals surface area (Å²) in [5, 5.41) is 13.3. The molecule has 0 fully saturated rings. The van der Waals surface area contributed by atoms with Crippen molar-refractivity contribution in [3.8, 4) is 0 Å². The number of hydrogen-bond acceptors (Lipinski definition) is 4. The van der Waals surface area contributed by atoms with E-state index < -0.39 is 16.4 Å². The molecular formula is C14H20FN3O3. The maximum Gasteiger partial charge on any atom is 0.295 e. The summed E-state index contributed by atoms with van der Waals surface area (Å²) < 4.78 is 13.0. The van der Waals surface area contributed by atoms with Crippen molar-refractivity contribution in [3.05, 3.63) is 34.1 Å². The molecular weight excluding hydrogens is 277 g/mol. The van der Waals surface area contributed by atoms with E-state index in [1.165, 1.54) is 6.07 Å². The Labute approximate surface area is 122 Å². The van der Waals surface area contributed by atoms with Crippen molar-refractivity contribution in [3.63, 3.8) is 0 Å². The van der Waals surface area contributed by atoms with E-state index in [0.29, 0.717) is 12.5 Å². The molecule has 1 rings (SSSR count). The van der Waals surface area contributed by atoms with E-state index in [-0.39, 0.29) is 23.9 Å². The van der Waals surface area contributed by atoms with Crippen molar-refractivity contribution in [2.45, 2.75) is 26.7 Å². The Morgan fingerprint density at radius 2 is 2.14 bits per heavy atom. The molecule has 7 heteroatoms. The normalized spacial score (nSPS) is 12.2. The van der Waals surface area contributed by atoms with Crippen LogP contribution in [0.4, 0.5) is 15.8 Å². The number of anilines is 1.